The first-order valence-electron chi connectivity index (χ1n) is 9.81. The number of hydrogen-bond acceptors (Lipinski definition) is 4. The third-order valence-electron chi connectivity index (χ3n) is 5.50. The molecule has 2 aliphatic heterocycles. The van der Waals surface area contributed by atoms with Gasteiger partial charge in [-0.25, -0.2) is 0 Å². The van der Waals surface area contributed by atoms with Gasteiger partial charge in [0.15, 0.2) is 0 Å². The minimum Gasteiger partial charge on any atom is -0.341 e. The molecule has 0 bridgehead atoms. The molecule has 0 aliphatic carbocycles. The molecule has 3 atom stereocenters. The van der Waals surface area contributed by atoms with Gasteiger partial charge in [-0.3, -0.25) is 14.5 Å². The van der Waals surface area contributed by atoms with Crippen LogP contribution in [0.25, 0.3) is 0 Å². The standard InChI is InChI=1S/C19H36N4O2/c1-5-6-19(4,20)18(25)22-9-7-21(8-10-22)14-17(24)23-12-15(2)11-16(3)13-23/h15-16H,5-14,20H2,1-4H3. The minimum atomic E-state index is -0.771. The van der Waals surface area contributed by atoms with Crippen LogP contribution in [0.1, 0.15) is 47.0 Å². The van der Waals surface area contributed by atoms with E-state index in [1.807, 2.05) is 23.6 Å². The van der Waals surface area contributed by atoms with Crippen molar-refractivity contribution in [1.82, 2.24) is 14.7 Å². The fourth-order valence-electron chi connectivity index (χ4n) is 4.25. The third-order valence-corrected chi connectivity index (χ3v) is 5.50. The summed E-state index contributed by atoms with van der Waals surface area (Å²) in [7, 11) is 0. The highest BCUT2D eigenvalue weighted by Gasteiger charge is 2.34. The summed E-state index contributed by atoms with van der Waals surface area (Å²) in [5.74, 6) is 1.44. The Bertz CT molecular complexity index is 462. The van der Waals surface area contributed by atoms with Gasteiger partial charge in [-0.15, -0.1) is 0 Å². The van der Waals surface area contributed by atoms with E-state index in [9.17, 15) is 9.59 Å². The van der Waals surface area contributed by atoms with E-state index in [0.717, 1.165) is 32.6 Å². The molecule has 6 heteroatoms. The molecule has 2 amide bonds. The molecule has 3 unspecified atom stereocenters. The van der Waals surface area contributed by atoms with Crippen molar-refractivity contribution in [2.75, 3.05) is 45.8 Å². The zero-order chi connectivity index (χ0) is 18.6. The number of carbonyl (C=O) groups is 2. The lowest BCUT2D eigenvalue weighted by molar-refractivity contribution is -0.139. The average Bonchev–Trinajstić information content (AvgIpc) is 2.54. The van der Waals surface area contributed by atoms with Crippen LogP contribution in [0.15, 0.2) is 0 Å². The number of piperazine rings is 1. The van der Waals surface area contributed by atoms with Crippen molar-refractivity contribution in [3.63, 3.8) is 0 Å². The number of likely N-dealkylation sites (tertiary alicyclic amines) is 1. The summed E-state index contributed by atoms with van der Waals surface area (Å²) in [5, 5.41) is 0. The molecule has 0 aromatic heterocycles. The second-order valence-corrected chi connectivity index (χ2v) is 8.48. The molecular formula is C19H36N4O2. The van der Waals surface area contributed by atoms with Crippen LogP contribution in [0.4, 0.5) is 0 Å². The van der Waals surface area contributed by atoms with Crippen LogP contribution in [-0.4, -0.2) is 77.9 Å². The summed E-state index contributed by atoms with van der Waals surface area (Å²) in [6, 6.07) is 0. The molecule has 2 saturated heterocycles. The molecule has 2 fully saturated rings. The summed E-state index contributed by atoms with van der Waals surface area (Å²) in [6.07, 6.45) is 2.82. The van der Waals surface area contributed by atoms with E-state index < -0.39 is 5.54 Å². The van der Waals surface area contributed by atoms with Gasteiger partial charge in [0.25, 0.3) is 0 Å². The molecule has 0 aromatic carbocycles. The molecule has 144 valence electrons. The number of piperidine rings is 1. The minimum absolute atomic E-state index is 0.0407. The quantitative estimate of drug-likeness (QED) is 0.806. The summed E-state index contributed by atoms with van der Waals surface area (Å²) in [6.45, 7) is 13.4. The third kappa shape index (κ3) is 5.42. The van der Waals surface area contributed by atoms with Gasteiger partial charge in [0.1, 0.15) is 0 Å². The Morgan fingerprint density at radius 2 is 1.60 bits per heavy atom. The molecule has 0 radical (unpaired) electrons. The first-order chi connectivity index (χ1) is 11.7. The van der Waals surface area contributed by atoms with E-state index in [2.05, 4.69) is 18.7 Å². The van der Waals surface area contributed by atoms with Crippen LogP contribution in [0.3, 0.4) is 0 Å². The second-order valence-electron chi connectivity index (χ2n) is 8.48. The Morgan fingerprint density at radius 1 is 1.04 bits per heavy atom. The monoisotopic (exact) mass is 352 g/mol. The molecule has 0 aromatic rings. The van der Waals surface area contributed by atoms with E-state index in [0.29, 0.717) is 37.9 Å². The number of nitrogens with zero attached hydrogens (tertiary/aromatic N) is 3. The van der Waals surface area contributed by atoms with Crippen LogP contribution < -0.4 is 5.73 Å². The Labute approximate surface area is 152 Å². The average molecular weight is 353 g/mol. The number of rotatable bonds is 5. The molecule has 25 heavy (non-hydrogen) atoms. The molecule has 2 aliphatic rings. The highest BCUT2D eigenvalue weighted by molar-refractivity contribution is 5.85. The molecule has 6 nitrogen and oxygen atoms in total. The van der Waals surface area contributed by atoms with Crippen molar-refractivity contribution in [1.29, 1.82) is 0 Å². The van der Waals surface area contributed by atoms with Gasteiger partial charge in [-0.1, -0.05) is 27.2 Å². The van der Waals surface area contributed by atoms with Crippen molar-refractivity contribution in [3.05, 3.63) is 0 Å². The molecule has 2 heterocycles. The first kappa shape index (κ1) is 20.2. The first-order valence-corrected chi connectivity index (χ1v) is 9.81. The van der Waals surface area contributed by atoms with E-state index in [1.54, 1.807) is 0 Å². The van der Waals surface area contributed by atoms with Crippen molar-refractivity contribution < 1.29 is 9.59 Å². The van der Waals surface area contributed by atoms with Crippen LogP contribution in [0.5, 0.6) is 0 Å². The highest BCUT2D eigenvalue weighted by atomic mass is 16.2. The highest BCUT2D eigenvalue weighted by Crippen LogP contribution is 2.21. The molecule has 0 saturated carbocycles. The lowest BCUT2D eigenvalue weighted by Crippen LogP contribution is -2.59. The van der Waals surface area contributed by atoms with Gasteiger partial charge >= 0.3 is 0 Å². The Morgan fingerprint density at radius 3 is 2.12 bits per heavy atom. The topological polar surface area (TPSA) is 69.9 Å². The molecule has 0 spiro atoms. The summed E-state index contributed by atoms with van der Waals surface area (Å²) in [5.41, 5.74) is 5.40. The largest absolute Gasteiger partial charge is 0.341 e. The van der Waals surface area contributed by atoms with E-state index in [4.69, 9.17) is 5.73 Å². The predicted molar refractivity (Wildman–Crippen MR) is 100 cm³/mol. The van der Waals surface area contributed by atoms with Gasteiger partial charge in [0.05, 0.1) is 12.1 Å². The number of hydrogen-bond donors (Lipinski definition) is 1. The zero-order valence-corrected chi connectivity index (χ0v) is 16.5. The van der Waals surface area contributed by atoms with Crippen LogP contribution in [-0.2, 0) is 9.59 Å². The maximum absolute atomic E-state index is 12.6. The lowest BCUT2D eigenvalue weighted by atomic mass is 9.92. The van der Waals surface area contributed by atoms with Gasteiger partial charge in [-0.2, -0.15) is 0 Å². The Hall–Kier alpha value is -1.14. The zero-order valence-electron chi connectivity index (χ0n) is 16.5. The Kier molecular flexibility index (Phi) is 6.86. The summed E-state index contributed by atoms with van der Waals surface area (Å²) in [4.78, 5) is 31.2. The van der Waals surface area contributed by atoms with Crippen LogP contribution in [0.2, 0.25) is 0 Å². The second kappa shape index (κ2) is 8.49. The number of carbonyl (C=O) groups excluding carboxylic acids is 2. The maximum atomic E-state index is 12.6. The van der Waals surface area contributed by atoms with Crippen molar-refractivity contribution in [2.24, 2.45) is 17.6 Å². The van der Waals surface area contributed by atoms with E-state index in [1.165, 1.54) is 6.42 Å². The molecular weight excluding hydrogens is 316 g/mol. The molecule has 2 rings (SSSR count). The maximum Gasteiger partial charge on any atom is 0.242 e. The van der Waals surface area contributed by atoms with Crippen LogP contribution >= 0.6 is 0 Å². The Balaban J connectivity index is 1.80. The lowest BCUT2D eigenvalue weighted by Gasteiger charge is -2.40. The SMILES string of the molecule is CCCC(C)(N)C(=O)N1CCN(CC(=O)N2CC(C)CC(C)C2)CC1. The van der Waals surface area contributed by atoms with Crippen molar-refractivity contribution in [3.8, 4) is 0 Å². The van der Waals surface area contributed by atoms with Gasteiger partial charge in [0, 0.05) is 39.3 Å². The predicted octanol–water partition coefficient (Wildman–Crippen LogP) is 1.15. The van der Waals surface area contributed by atoms with E-state index in [-0.39, 0.29) is 11.8 Å². The summed E-state index contributed by atoms with van der Waals surface area (Å²) < 4.78 is 0. The normalized spacial score (nSPS) is 27.9. The van der Waals surface area contributed by atoms with Gasteiger partial charge in [-0.05, 0) is 31.6 Å². The van der Waals surface area contributed by atoms with Crippen molar-refractivity contribution >= 4 is 11.8 Å². The van der Waals surface area contributed by atoms with Gasteiger partial charge in [0.2, 0.25) is 11.8 Å². The van der Waals surface area contributed by atoms with Crippen molar-refractivity contribution in [2.45, 2.75) is 52.5 Å². The van der Waals surface area contributed by atoms with E-state index >= 15 is 0 Å². The smallest absolute Gasteiger partial charge is 0.242 e. The fourth-order valence-corrected chi connectivity index (χ4v) is 4.25. The number of nitrogens with two attached hydrogens (primary N) is 1. The summed E-state index contributed by atoms with van der Waals surface area (Å²) >= 11 is 0. The van der Waals surface area contributed by atoms with Crippen LogP contribution in [0, 0.1) is 11.8 Å². The van der Waals surface area contributed by atoms with Gasteiger partial charge < -0.3 is 15.5 Å². The fraction of sp³-hybridized carbons (Fsp3) is 0.895. The number of amides is 2. The molecule has 2 N–H and O–H groups in total.